The topological polar surface area (TPSA) is 23.8 Å². The van der Waals surface area contributed by atoms with E-state index in [4.69, 9.17) is 5.26 Å². The Morgan fingerprint density at radius 2 is 2.18 bits per heavy atom. The van der Waals surface area contributed by atoms with Crippen molar-refractivity contribution >= 4 is 11.8 Å². The number of nitrogens with zero attached hydrogens (tertiary/aromatic N) is 1. The van der Waals surface area contributed by atoms with E-state index < -0.39 is 0 Å². The van der Waals surface area contributed by atoms with Crippen molar-refractivity contribution in [1.82, 2.24) is 0 Å². The van der Waals surface area contributed by atoms with Gasteiger partial charge in [0.1, 0.15) is 0 Å². The molecule has 0 aliphatic heterocycles. The summed E-state index contributed by atoms with van der Waals surface area (Å²) in [5.41, 5.74) is 0. The molecule has 1 atom stereocenters. The van der Waals surface area contributed by atoms with Crippen molar-refractivity contribution in [1.29, 1.82) is 5.26 Å². The number of nitriles is 1. The monoisotopic (exact) mass is 169 g/mol. The van der Waals surface area contributed by atoms with Crippen LogP contribution in [0.4, 0.5) is 0 Å². The van der Waals surface area contributed by atoms with Crippen molar-refractivity contribution in [2.45, 2.75) is 37.9 Å². The van der Waals surface area contributed by atoms with Gasteiger partial charge in [0, 0.05) is 0 Å². The van der Waals surface area contributed by atoms with Gasteiger partial charge in [0.2, 0.25) is 0 Å². The molecular weight excluding hydrogens is 154 g/mol. The molecule has 0 radical (unpaired) electrons. The van der Waals surface area contributed by atoms with Crippen LogP contribution in [0.3, 0.4) is 0 Å². The van der Waals surface area contributed by atoms with Gasteiger partial charge in [-0.25, -0.2) is 0 Å². The molecule has 0 saturated heterocycles. The lowest BCUT2D eigenvalue weighted by molar-refractivity contribution is 0.623. The maximum atomic E-state index is 8.54. The van der Waals surface area contributed by atoms with E-state index >= 15 is 0 Å². The molecule has 1 fully saturated rings. The first-order chi connectivity index (χ1) is 5.33. The number of thioether (sulfide) groups is 1. The van der Waals surface area contributed by atoms with Crippen LogP contribution >= 0.6 is 11.8 Å². The third-order valence-electron chi connectivity index (χ3n) is 2.24. The van der Waals surface area contributed by atoms with Gasteiger partial charge >= 0.3 is 0 Å². The molecule has 0 heterocycles. The normalized spacial score (nSPS) is 21.5. The summed E-state index contributed by atoms with van der Waals surface area (Å²) in [5, 5.41) is 8.73. The Kier molecular flexibility index (Phi) is 3.79. The van der Waals surface area contributed by atoms with Gasteiger partial charge in [0.15, 0.2) is 0 Å². The molecule has 1 nitrogen and oxygen atoms in total. The first kappa shape index (κ1) is 8.93. The molecule has 0 aromatic rings. The van der Waals surface area contributed by atoms with Gasteiger partial charge in [-0.3, -0.25) is 0 Å². The fourth-order valence-electron chi connectivity index (χ4n) is 1.49. The van der Waals surface area contributed by atoms with E-state index in [0.29, 0.717) is 0 Å². The van der Waals surface area contributed by atoms with Crippen molar-refractivity contribution in [3.63, 3.8) is 0 Å². The molecular formula is C9H15NS. The highest BCUT2D eigenvalue weighted by Crippen LogP contribution is 2.28. The molecule has 1 aliphatic carbocycles. The van der Waals surface area contributed by atoms with Gasteiger partial charge in [0.25, 0.3) is 0 Å². The standard InChI is InChI=1S/C9H15NS/c1-8(6-10)11-7-9-4-2-3-5-9/h8-9H,2-5,7H2,1H3. The number of rotatable bonds is 3. The average molecular weight is 169 g/mol. The quantitative estimate of drug-likeness (QED) is 0.648. The number of hydrogen-bond donors (Lipinski definition) is 0. The SMILES string of the molecule is CC(C#N)SCC1CCCC1. The molecule has 62 valence electrons. The summed E-state index contributed by atoms with van der Waals surface area (Å²) in [6.45, 7) is 1.99. The summed E-state index contributed by atoms with van der Waals surface area (Å²) in [4.78, 5) is 0. The highest BCUT2D eigenvalue weighted by Gasteiger charge is 2.15. The van der Waals surface area contributed by atoms with Gasteiger partial charge in [-0.05, 0) is 31.4 Å². The van der Waals surface area contributed by atoms with Crippen molar-refractivity contribution in [3.05, 3.63) is 0 Å². The molecule has 0 amide bonds. The maximum absolute atomic E-state index is 8.54. The zero-order chi connectivity index (χ0) is 8.10. The molecule has 1 saturated carbocycles. The summed E-state index contributed by atoms with van der Waals surface area (Å²) in [7, 11) is 0. The van der Waals surface area contributed by atoms with Crippen molar-refractivity contribution in [3.8, 4) is 6.07 Å². The van der Waals surface area contributed by atoms with Crippen LogP contribution in [0.15, 0.2) is 0 Å². The summed E-state index contributed by atoms with van der Waals surface area (Å²) in [5.74, 6) is 2.12. The highest BCUT2D eigenvalue weighted by atomic mass is 32.2. The Morgan fingerprint density at radius 3 is 2.73 bits per heavy atom. The molecule has 1 aliphatic rings. The Balaban J connectivity index is 2.07. The lowest BCUT2D eigenvalue weighted by Gasteiger charge is -2.08. The van der Waals surface area contributed by atoms with Gasteiger partial charge in [-0.2, -0.15) is 5.26 Å². The van der Waals surface area contributed by atoms with Crippen molar-refractivity contribution < 1.29 is 0 Å². The van der Waals surface area contributed by atoms with E-state index in [9.17, 15) is 0 Å². The summed E-state index contributed by atoms with van der Waals surface area (Å²) in [6, 6.07) is 2.25. The minimum Gasteiger partial charge on any atom is -0.197 e. The minimum absolute atomic E-state index is 0.190. The predicted molar refractivity (Wildman–Crippen MR) is 49.5 cm³/mol. The van der Waals surface area contributed by atoms with E-state index in [1.54, 1.807) is 0 Å². The van der Waals surface area contributed by atoms with E-state index in [1.807, 2.05) is 18.7 Å². The molecule has 0 spiro atoms. The zero-order valence-electron chi connectivity index (χ0n) is 7.05. The molecule has 0 N–H and O–H groups in total. The van der Waals surface area contributed by atoms with Crippen LogP contribution in [-0.2, 0) is 0 Å². The predicted octanol–water partition coefficient (Wildman–Crippen LogP) is 2.82. The molecule has 1 rings (SSSR count). The van der Waals surface area contributed by atoms with Crippen LogP contribution in [-0.4, -0.2) is 11.0 Å². The Hall–Kier alpha value is -0.160. The van der Waals surface area contributed by atoms with Gasteiger partial charge in [-0.15, -0.1) is 11.8 Å². The molecule has 11 heavy (non-hydrogen) atoms. The van der Waals surface area contributed by atoms with Crippen LogP contribution < -0.4 is 0 Å². The van der Waals surface area contributed by atoms with Crippen molar-refractivity contribution in [2.24, 2.45) is 5.92 Å². The van der Waals surface area contributed by atoms with Crippen molar-refractivity contribution in [2.75, 3.05) is 5.75 Å². The second-order valence-electron chi connectivity index (χ2n) is 3.26. The molecule has 0 aromatic heterocycles. The molecule has 2 heteroatoms. The summed E-state index contributed by atoms with van der Waals surface area (Å²) < 4.78 is 0. The number of hydrogen-bond acceptors (Lipinski definition) is 2. The zero-order valence-corrected chi connectivity index (χ0v) is 7.86. The third kappa shape index (κ3) is 3.16. The van der Waals surface area contributed by atoms with E-state index in [0.717, 1.165) is 5.92 Å². The minimum atomic E-state index is 0.190. The first-order valence-corrected chi connectivity index (χ1v) is 5.39. The second-order valence-corrected chi connectivity index (χ2v) is 4.63. The van der Waals surface area contributed by atoms with Gasteiger partial charge < -0.3 is 0 Å². The van der Waals surface area contributed by atoms with Crippen LogP contribution in [0.25, 0.3) is 0 Å². The summed E-state index contributed by atoms with van der Waals surface area (Å²) in [6.07, 6.45) is 5.61. The van der Waals surface area contributed by atoms with Crippen LogP contribution in [0.2, 0.25) is 0 Å². The van der Waals surface area contributed by atoms with E-state index in [-0.39, 0.29) is 5.25 Å². The fourth-order valence-corrected chi connectivity index (χ4v) is 2.46. The van der Waals surface area contributed by atoms with Gasteiger partial charge in [0.05, 0.1) is 11.3 Å². The van der Waals surface area contributed by atoms with Crippen LogP contribution in [0.1, 0.15) is 32.6 Å². The Labute approximate surface area is 73.2 Å². The maximum Gasteiger partial charge on any atom is 0.0888 e. The molecule has 0 bridgehead atoms. The fraction of sp³-hybridized carbons (Fsp3) is 0.889. The lowest BCUT2D eigenvalue weighted by Crippen LogP contribution is -2.01. The van der Waals surface area contributed by atoms with Crippen LogP contribution in [0, 0.1) is 17.2 Å². The Morgan fingerprint density at radius 1 is 1.55 bits per heavy atom. The molecule has 0 aromatic carbocycles. The third-order valence-corrected chi connectivity index (χ3v) is 3.51. The van der Waals surface area contributed by atoms with Gasteiger partial charge in [-0.1, -0.05) is 12.8 Å². The average Bonchev–Trinajstić information content (AvgIpc) is 2.52. The largest absolute Gasteiger partial charge is 0.197 e. The lowest BCUT2D eigenvalue weighted by atomic mass is 10.1. The van der Waals surface area contributed by atoms with Crippen LogP contribution in [0.5, 0.6) is 0 Å². The molecule has 1 unspecified atom stereocenters. The van der Waals surface area contributed by atoms with E-state index in [2.05, 4.69) is 6.07 Å². The van der Waals surface area contributed by atoms with E-state index in [1.165, 1.54) is 31.4 Å². The first-order valence-electron chi connectivity index (χ1n) is 4.34. The Bertz CT molecular complexity index is 144. The summed E-state index contributed by atoms with van der Waals surface area (Å²) >= 11 is 1.81. The second kappa shape index (κ2) is 4.66. The smallest absolute Gasteiger partial charge is 0.0888 e. The highest BCUT2D eigenvalue weighted by molar-refractivity contribution is 8.00.